The SMILES string of the molecule is O=C(c1cccc(C(F)(F)F)c1)N1CCC[C@@H](COCc2ccccc2)C1. The minimum Gasteiger partial charge on any atom is -0.376 e. The lowest BCUT2D eigenvalue weighted by Gasteiger charge is -2.32. The highest BCUT2D eigenvalue weighted by Gasteiger charge is 2.32. The molecule has 1 atom stereocenters. The van der Waals surface area contributed by atoms with Crippen LogP contribution in [0.5, 0.6) is 0 Å². The molecule has 3 rings (SSSR count). The van der Waals surface area contributed by atoms with Crippen molar-refractivity contribution in [3.05, 3.63) is 71.3 Å². The highest BCUT2D eigenvalue weighted by molar-refractivity contribution is 5.94. The number of piperidine rings is 1. The summed E-state index contributed by atoms with van der Waals surface area (Å²) in [5, 5.41) is 0. The Morgan fingerprint density at radius 2 is 1.89 bits per heavy atom. The van der Waals surface area contributed by atoms with Gasteiger partial charge in [0.05, 0.1) is 18.8 Å². The molecule has 1 aliphatic heterocycles. The molecule has 27 heavy (non-hydrogen) atoms. The van der Waals surface area contributed by atoms with Crippen molar-refractivity contribution >= 4 is 5.91 Å². The average Bonchev–Trinajstić information content (AvgIpc) is 2.68. The summed E-state index contributed by atoms with van der Waals surface area (Å²) in [6.45, 7) is 2.11. The summed E-state index contributed by atoms with van der Waals surface area (Å²) in [4.78, 5) is 14.3. The van der Waals surface area contributed by atoms with Crippen LogP contribution in [0.1, 0.15) is 34.3 Å². The molecule has 2 aromatic rings. The first-order valence-corrected chi connectivity index (χ1v) is 9.01. The van der Waals surface area contributed by atoms with E-state index in [0.717, 1.165) is 30.5 Å². The van der Waals surface area contributed by atoms with Crippen molar-refractivity contribution in [3.8, 4) is 0 Å². The summed E-state index contributed by atoms with van der Waals surface area (Å²) in [5.41, 5.74) is 0.369. The van der Waals surface area contributed by atoms with Gasteiger partial charge in [0.2, 0.25) is 0 Å². The van der Waals surface area contributed by atoms with Gasteiger partial charge in [0.1, 0.15) is 0 Å². The standard InChI is InChI=1S/C21H22F3NO2/c22-21(23,24)19-10-4-9-18(12-19)20(26)25-11-5-8-17(13-25)15-27-14-16-6-2-1-3-7-16/h1-4,6-7,9-10,12,17H,5,8,11,13-15H2/t17-/m1/s1. The molecule has 0 N–H and O–H groups in total. The van der Waals surface area contributed by atoms with E-state index in [1.807, 2.05) is 30.3 Å². The zero-order valence-corrected chi connectivity index (χ0v) is 14.9. The monoisotopic (exact) mass is 377 g/mol. The number of amides is 1. The Morgan fingerprint density at radius 1 is 1.11 bits per heavy atom. The van der Waals surface area contributed by atoms with Crippen LogP contribution in [0.15, 0.2) is 54.6 Å². The Labute approximate surface area is 156 Å². The van der Waals surface area contributed by atoms with Gasteiger partial charge < -0.3 is 9.64 Å². The maximum Gasteiger partial charge on any atom is 0.416 e. The molecule has 2 aromatic carbocycles. The second-order valence-electron chi connectivity index (χ2n) is 6.84. The van der Waals surface area contributed by atoms with E-state index in [1.165, 1.54) is 12.1 Å². The second kappa shape index (κ2) is 8.57. The predicted octanol–water partition coefficient (Wildman–Crippen LogP) is 4.77. The third-order valence-corrected chi connectivity index (χ3v) is 4.71. The number of benzene rings is 2. The fraction of sp³-hybridized carbons (Fsp3) is 0.381. The molecule has 0 bridgehead atoms. The van der Waals surface area contributed by atoms with Crippen molar-refractivity contribution in [3.63, 3.8) is 0 Å². The normalized spacial score (nSPS) is 17.7. The first-order valence-electron chi connectivity index (χ1n) is 9.01. The van der Waals surface area contributed by atoms with E-state index in [9.17, 15) is 18.0 Å². The summed E-state index contributed by atoms with van der Waals surface area (Å²) in [7, 11) is 0. The number of halogens is 3. The Kier molecular flexibility index (Phi) is 6.16. The van der Waals surface area contributed by atoms with Gasteiger partial charge in [-0.15, -0.1) is 0 Å². The minimum atomic E-state index is -4.45. The van der Waals surface area contributed by atoms with Crippen LogP contribution in [0, 0.1) is 5.92 Å². The Morgan fingerprint density at radius 3 is 2.63 bits per heavy atom. The highest BCUT2D eigenvalue weighted by atomic mass is 19.4. The molecule has 0 radical (unpaired) electrons. The van der Waals surface area contributed by atoms with Crippen LogP contribution in [-0.2, 0) is 17.5 Å². The van der Waals surface area contributed by atoms with E-state index in [0.29, 0.717) is 26.3 Å². The predicted molar refractivity (Wildman–Crippen MR) is 96.2 cm³/mol. The van der Waals surface area contributed by atoms with Crippen LogP contribution in [0.2, 0.25) is 0 Å². The molecule has 1 saturated heterocycles. The van der Waals surface area contributed by atoms with Crippen LogP contribution in [0.3, 0.4) is 0 Å². The zero-order chi connectivity index (χ0) is 19.3. The van der Waals surface area contributed by atoms with Crippen LogP contribution >= 0.6 is 0 Å². The first kappa shape index (κ1) is 19.4. The molecular weight excluding hydrogens is 355 g/mol. The smallest absolute Gasteiger partial charge is 0.376 e. The lowest BCUT2D eigenvalue weighted by Crippen LogP contribution is -2.41. The Hall–Kier alpha value is -2.34. The molecule has 1 aliphatic rings. The number of nitrogens with zero attached hydrogens (tertiary/aromatic N) is 1. The number of likely N-dealkylation sites (tertiary alicyclic amines) is 1. The van der Waals surface area contributed by atoms with Crippen molar-refractivity contribution in [2.75, 3.05) is 19.7 Å². The van der Waals surface area contributed by atoms with Crippen molar-refractivity contribution in [2.24, 2.45) is 5.92 Å². The molecule has 1 amide bonds. The fourth-order valence-electron chi connectivity index (χ4n) is 3.31. The summed E-state index contributed by atoms with van der Waals surface area (Å²) >= 11 is 0. The highest BCUT2D eigenvalue weighted by Crippen LogP contribution is 2.30. The molecular formula is C21H22F3NO2. The molecule has 0 aliphatic carbocycles. The van der Waals surface area contributed by atoms with Gasteiger partial charge in [-0.1, -0.05) is 36.4 Å². The molecule has 0 aromatic heterocycles. The number of carbonyl (C=O) groups is 1. The number of hydrogen-bond donors (Lipinski definition) is 0. The van der Waals surface area contributed by atoms with Gasteiger partial charge in [-0.3, -0.25) is 4.79 Å². The largest absolute Gasteiger partial charge is 0.416 e. The van der Waals surface area contributed by atoms with Crippen LogP contribution in [0.4, 0.5) is 13.2 Å². The molecule has 3 nitrogen and oxygen atoms in total. The van der Waals surface area contributed by atoms with Gasteiger partial charge >= 0.3 is 6.18 Å². The van der Waals surface area contributed by atoms with E-state index in [4.69, 9.17) is 4.74 Å². The van der Waals surface area contributed by atoms with Gasteiger partial charge in [-0.25, -0.2) is 0 Å². The van der Waals surface area contributed by atoms with E-state index < -0.39 is 11.7 Å². The summed E-state index contributed by atoms with van der Waals surface area (Å²) in [6, 6.07) is 14.5. The quantitative estimate of drug-likeness (QED) is 0.751. The fourth-order valence-corrected chi connectivity index (χ4v) is 3.31. The Balaban J connectivity index is 1.56. The van der Waals surface area contributed by atoms with Gasteiger partial charge in [0.15, 0.2) is 0 Å². The maximum atomic E-state index is 12.9. The summed E-state index contributed by atoms with van der Waals surface area (Å²) in [6.07, 6.45) is -2.68. The van der Waals surface area contributed by atoms with Crippen LogP contribution in [-0.4, -0.2) is 30.5 Å². The summed E-state index contributed by atoms with van der Waals surface area (Å²) in [5.74, 6) is -0.161. The summed E-state index contributed by atoms with van der Waals surface area (Å²) < 4.78 is 44.4. The molecule has 6 heteroatoms. The maximum absolute atomic E-state index is 12.9. The number of carbonyl (C=O) groups excluding carboxylic acids is 1. The average molecular weight is 377 g/mol. The lowest BCUT2D eigenvalue weighted by atomic mass is 9.98. The van der Waals surface area contributed by atoms with Crippen molar-refractivity contribution in [1.29, 1.82) is 0 Å². The van der Waals surface area contributed by atoms with Gasteiger partial charge in [0.25, 0.3) is 5.91 Å². The number of hydrogen-bond acceptors (Lipinski definition) is 2. The number of rotatable bonds is 5. The van der Waals surface area contributed by atoms with Gasteiger partial charge in [0, 0.05) is 18.7 Å². The molecule has 0 spiro atoms. The number of ether oxygens (including phenoxy) is 1. The third-order valence-electron chi connectivity index (χ3n) is 4.71. The topological polar surface area (TPSA) is 29.5 Å². The van der Waals surface area contributed by atoms with Crippen molar-refractivity contribution in [1.82, 2.24) is 4.90 Å². The molecule has 0 unspecified atom stereocenters. The van der Waals surface area contributed by atoms with Crippen LogP contribution < -0.4 is 0 Å². The van der Waals surface area contributed by atoms with Crippen molar-refractivity contribution in [2.45, 2.75) is 25.6 Å². The van der Waals surface area contributed by atoms with Gasteiger partial charge in [-0.05, 0) is 42.5 Å². The lowest BCUT2D eigenvalue weighted by molar-refractivity contribution is -0.137. The number of alkyl halides is 3. The van der Waals surface area contributed by atoms with E-state index in [-0.39, 0.29) is 17.4 Å². The molecule has 144 valence electrons. The van der Waals surface area contributed by atoms with Crippen LogP contribution in [0.25, 0.3) is 0 Å². The first-order chi connectivity index (χ1) is 12.9. The van der Waals surface area contributed by atoms with E-state index in [1.54, 1.807) is 4.90 Å². The van der Waals surface area contributed by atoms with Gasteiger partial charge in [-0.2, -0.15) is 13.2 Å². The minimum absolute atomic E-state index is 0.0793. The van der Waals surface area contributed by atoms with Crippen molar-refractivity contribution < 1.29 is 22.7 Å². The van der Waals surface area contributed by atoms with E-state index >= 15 is 0 Å². The zero-order valence-electron chi connectivity index (χ0n) is 14.9. The molecule has 0 saturated carbocycles. The molecule has 1 heterocycles. The second-order valence-corrected chi connectivity index (χ2v) is 6.84. The third kappa shape index (κ3) is 5.32. The molecule has 1 fully saturated rings. The Bertz CT molecular complexity index is 762. The van der Waals surface area contributed by atoms with E-state index in [2.05, 4.69) is 0 Å².